The summed E-state index contributed by atoms with van der Waals surface area (Å²) < 4.78 is 30.1. The number of morpholine rings is 1. The number of rotatable bonds is 6. The summed E-state index contributed by atoms with van der Waals surface area (Å²) in [6.07, 6.45) is 4.57. The van der Waals surface area contributed by atoms with Gasteiger partial charge in [0.15, 0.2) is 15.7 Å². The second-order valence-electron chi connectivity index (χ2n) is 9.97. The van der Waals surface area contributed by atoms with E-state index in [1.54, 1.807) is 24.3 Å². The number of amides is 2. The van der Waals surface area contributed by atoms with E-state index in [1.165, 1.54) is 12.3 Å². The fourth-order valence-corrected chi connectivity index (χ4v) is 5.68. The van der Waals surface area contributed by atoms with Crippen molar-refractivity contribution in [2.45, 2.75) is 50.2 Å². The van der Waals surface area contributed by atoms with Crippen molar-refractivity contribution < 1.29 is 22.7 Å². The highest BCUT2D eigenvalue weighted by Gasteiger charge is 2.30. The molecular weight excluding hydrogens is 516 g/mol. The second-order valence-corrected chi connectivity index (χ2v) is 12.4. The summed E-state index contributed by atoms with van der Waals surface area (Å²) in [5.41, 5.74) is 0.672. The van der Waals surface area contributed by atoms with Crippen molar-refractivity contribution in [3.8, 4) is 0 Å². The first-order valence-corrected chi connectivity index (χ1v) is 14.7. The van der Waals surface area contributed by atoms with Crippen LogP contribution in [0.1, 0.15) is 43.5 Å². The van der Waals surface area contributed by atoms with E-state index in [-0.39, 0.29) is 28.9 Å². The van der Waals surface area contributed by atoms with Crippen molar-refractivity contribution in [3.63, 3.8) is 0 Å². The quantitative estimate of drug-likeness (QED) is 0.587. The fourth-order valence-electron chi connectivity index (χ4n) is 4.92. The molecule has 2 fully saturated rings. The summed E-state index contributed by atoms with van der Waals surface area (Å²) in [5.74, 6) is 0.497. The van der Waals surface area contributed by atoms with Gasteiger partial charge in [-0.05, 0) is 56.9 Å². The maximum atomic E-state index is 12.9. The van der Waals surface area contributed by atoms with Gasteiger partial charge in [0.05, 0.1) is 22.8 Å². The number of hydrogen-bond donors (Lipinski definition) is 1. The van der Waals surface area contributed by atoms with E-state index in [0.29, 0.717) is 54.7 Å². The molecule has 0 aliphatic carbocycles. The zero-order valence-electron chi connectivity index (χ0n) is 21.3. The van der Waals surface area contributed by atoms with Crippen molar-refractivity contribution in [1.82, 2.24) is 9.88 Å². The lowest BCUT2D eigenvalue weighted by Crippen LogP contribution is -2.49. The number of sulfone groups is 1. The maximum Gasteiger partial charge on any atom is 0.255 e. The molecule has 37 heavy (non-hydrogen) atoms. The number of halogens is 1. The van der Waals surface area contributed by atoms with Crippen molar-refractivity contribution in [2.75, 3.05) is 42.7 Å². The number of hydrogen-bond acceptors (Lipinski definition) is 7. The lowest BCUT2D eigenvalue weighted by atomic mass is 9.92. The van der Waals surface area contributed by atoms with Gasteiger partial charge in [0.25, 0.3) is 5.91 Å². The van der Waals surface area contributed by atoms with Gasteiger partial charge in [0.1, 0.15) is 0 Å². The molecule has 11 heteroatoms. The Kier molecular flexibility index (Phi) is 8.40. The lowest BCUT2D eigenvalue weighted by molar-refractivity contribution is -0.144. The van der Waals surface area contributed by atoms with Crippen LogP contribution < -0.4 is 10.2 Å². The Labute approximate surface area is 223 Å². The Morgan fingerprint density at radius 3 is 2.43 bits per heavy atom. The smallest absolute Gasteiger partial charge is 0.255 e. The Bertz CT molecular complexity index is 1250. The topological polar surface area (TPSA) is 109 Å². The van der Waals surface area contributed by atoms with Crippen LogP contribution in [0.5, 0.6) is 0 Å². The van der Waals surface area contributed by atoms with Gasteiger partial charge in [-0.2, -0.15) is 0 Å². The van der Waals surface area contributed by atoms with Gasteiger partial charge in [-0.25, -0.2) is 13.4 Å². The first-order valence-electron chi connectivity index (χ1n) is 12.4. The molecule has 200 valence electrons. The summed E-state index contributed by atoms with van der Waals surface area (Å²) >= 11 is 6.03. The van der Waals surface area contributed by atoms with Gasteiger partial charge in [-0.3, -0.25) is 9.59 Å². The monoisotopic (exact) mass is 548 g/mol. The maximum absolute atomic E-state index is 12.9. The molecule has 1 aromatic heterocycles. The first-order chi connectivity index (χ1) is 17.5. The van der Waals surface area contributed by atoms with E-state index in [2.05, 4.69) is 10.3 Å². The Balaban J connectivity index is 1.46. The molecule has 9 nitrogen and oxygen atoms in total. The van der Waals surface area contributed by atoms with Crippen molar-refractivity contribution in [3.05, 3.63) is 47.1 Å². The normalized spacial score (nSPS) is 21.1. The number of carbonyl (C=O) groups excluding carboxylic acids is 2. The number of anilines is 2. The molecule has 3 heterocycles. The predicted molar refractivity (Wildman–Crippen MR) is 143 cm³/mol. The van der Waals surface area contributed by atoms with Gasteiger partial charge < -0.3 is 19.9 Å². The molecule has 2 saturated heterocycles. The van der Waals surface area contributed by atoms with Gasteiger partial charge >= 0.3 is 0 Å². The molecule has 0 bridgehead atoms. The Hall–Kier alpha value is -2.69. The minimum atomic E-state index is -3.53. The van der Waals surface area contributed by atoms with Crippen molar-refractivity contribution >= 4 is 44.8 Å². The molecule has 0 radical (unpaired) electrons. The number of nitrogens with one attached hydrogen (secondary N) is 1. The fraction of sp³-hybridized carbons (Fsp3) is 0.500. The van der Waals surface area contributed by atoms with E-state index in [9.17, 15) is 18.0 Å². The summed E-state index contributed by atoms with van der Waals surface area (Å²) in [4.78, 5) is 34.2. The van der Waals surface area contributed by atoms with E-state index < -0.39 is 15.7 Å². The SMILES string of the molecule is C[C@@H]1CN(C(=O)CC2CCN(c3ncc(S(C)(=O)=O)cc3NC(=O)c3cccc(Cl)c3)CC2)C[C@H](C)O1. The average molecular weight is 549 g/mol. The van der Waals surface area contributed by atoms with Crippen LogP contribution in [-0.2, 0) is 19.4 Å². The third kappa shape index (κ3) is 7.00. The molecule has 2 aliphatic heterocycles. The number of aromatic nitrogens is 1. The number of ether oxygens (including phenoxy) is 1. The highest BCUT2D eigenvalue weighted by Crippen LogP contribution is 2.32. The number of carbonyl (C=O) groups is 2. The molecule has 2 amide bonds. The highest BCUT2D eigenvalue weighted by atomic mass is 35.5. The second kappa shape index (κ2) is 11.4. The lowest BCUT2D eigenvalue weighted by Gasteiger charge is -2.37. The van der Waals surface area contributed by atoms with Crippen molar-refractivity contribution in [2.24, 2.45) is 5.92 Å². The summed E-state index contributed by atoms with van der Waals surface area (Å²) in [6.45, 7) is 6.49. The molecule has 2 aliphatic rings. The highest BCUT2D eigenvalue weighted by molar-refractivity contribution is 7.90. The molecule has 1 N–H and O–H groups in total. The van der Waals surface area contributed by atoms with Crippen LogP contribution in [0.2, 0.25) is 5.02 Å². The number of pyridine rings is 1. The summed E-state index contributed by atoms with van der Waals surface area (Å²) in [6, 6.07) is 7.96. The standard InChI is InChI=1S/C26H33ClN4O5S/c1-17-15-31(16-18(2)36-17)24(32)11-19-7-9-30(10-8-19)25-23(13-22(14-28-25)37(3,34)35)29-26(33)20-5-4-6-21(27)12-20/h4-6,12-14,17-19H,7-11,15-16H2,1-3H3,(H,29,33)/t17-,18+. The zero-order chi connectivity index (χ0) is 26.7. The van der Waals surface area contributed by atoms with Crippen LogP contribution in [0, 0.1) is 5.92 Å². The minimum absolute atomic E-state index is 0.0205. The van der Waals surface area contributed by atoms with Crippen molar-refractivity contribution in [1.29, 1.82) is 0 Å². The molecule has 4 rings (SSSR count). The zero-order valence-corrected chi connectivity index (χ0v) is 22.9. The Morgan fingerprint density at radius 1 is 1.14 bits per heavy atom. The van der Waals surface area contributed by atoms with Crippen LogP contribution in [0.15, 0.2) is 41.4 Å². The molecule has 0 saturated carbocycles. The van der Waals surface area contributed by atoms with Crippen LogP contribution >= 0.6 is 11.6 Å². The van der Waals surface area contributed by atoms with E-state index in [0.717, 1.165) is 19.1 Å². The van der Waals surface area contributed by atoms with Gasteiger partial charge in [0.2, 0.25) is 5.91 Å². The van der Waals surface area contributed by atoms with Gasteiger partial charge in [-0.15, -0.1) is 0 Å². The number of benzene rings is 1. The number of nitrogens with zero attached hydrogens (tertiary/aromatic N) is 3. The molecular formula is C26H33ClN4O5S. The Morgan fingerprint density at radius 2 is 1.81 bits per heavy atom. The van der Waals surface area contributed by atoms with Gasteiger partial charge in [0, 0.05) is 55.6 Å². The third-order valence-electron chi connectivity index (χ3n) is 6.75. The van der Waals surface area contributed by atoms with Crippen LogP contribution in [0.25, 0.3) is 0 Å². The van der Waals surface area contributed by atoms with E-state index in [1.807, 2.05) is 23.6 Å². The summed E-state index contributed by atoms with van der Waals surface area (Å²) in [5, 5.41) is 3.24. The van der Waals surface area contributed by atoms with Crippen LogP contribution in [0.3, 0.4) is 0 Å². The molecule has 0 spiro atoms. The van der Waals surface area contributed by atoms with Crippen LogP contribution in [0.4, 0.5) is 11.5 Å². The van der Waals surface area contributed by atoms with E-state index >= 15 is 0 Å². The molecule has 1 aromatic carbocycles. The molecule has 2 aromatic rings. The first kappa shape index (κ1) is 27.3. The summed E-state index contributed by atoms with van der Waals surface area (Å²) in [7, 11) is -3.53. The third-order valence-corrected chi connectivity index (χ3v) is 8.07. The molecule has 0 unspecified atom stereocenters. The van der Waals surface area contributed by atoms with E-state index in [4.69, 9.17) is 16.3 Å². The van der Waals surface area contributed by atoms with Crippen LogP contribution in [-0.4, -0.2) is 74.8 Å². The average Bonchev–Trinajstić information content (AvgIpc) is 2.83. The predicted octanol–water partition coefficient (Wildman–Crippen LogP) is 3.63. The van der Waals surface area contributed by atoms with Gasteiger partial charge in [-0.1, -0.05) is 17.7 Å². The minimum Gasteiger partial charge on any atom is -0.372 e. The molecule has 2 atom stereocenters. The number of piperidine rings is 1. The largest absolute Gasteiger partial charge is 0.372 e.